The van der Waals surface area contributed by atoms with Gasteiger partial charge in [0.1, 0.15) is 0 Å². The van der Waals surface area contributed by atoms with Gasteiger partial charge in [-0.2, -0.15) is 0 Å². The van der Waals surface area contributed by atoms with Crippen LogP contribution in [0.2, 0.25) is 0 Å². The zero-order valence-electron chi connectivity index (χ0n) is 13.6. The summed E-state index contributed by atoms with van der Waals surface area (Å²) in [5.74, 6) is -0.198. The number of hydrogen-bond donors (Lipinski definition) is 2. The molecular formula is C17H16N4O3S2. The maximum Gasteiger partial charge on any atom is 0.263 e. The highest BCUT2D eigenvalue weighted by atomic mass is 32.2. The fraction of sp³-hybridized carbons (Fsp3) is 0.118. The molecule has 0 aliphatic rings. The number of nitrogens with one attached hydrogen (secondary N) is 2. The van der Waals surface area contributed by atoms with Gasteiger partial charge in [-0.3, -0.25) is 14.5 Å². The molecule has 0 spiro atoms. The Morgan fingerprint density at radius 3 is 2.65 bits per heavy atom. The molecule has 1 aromatic carbocycles. The van der Waals surface area contributed by atoms with Crippen molar-refractivity contribution in [3.05, 3.63) is 71.5 Å². The van der Waals surface area contributed by atoms with Gasteiger partial charge in [-0.25, -0.2) is 13.4 Å². The lowest BCUT2D eigenvalue weighted by molar-refractivity contribution is -0.120. The number of hydrogen-bond acceptors (Lipinski definition) is 6. The molecule has 0 aliphatic carbocycles. The van der Waals surface area contributed by atoms with Crippen LogP contribution in [0.25, 0.3) is 0 Å². The second kappa shape index (κ2) is 8.07. The first kappa shape index (κ1) is 18.0. The minimum absolute atomic E-state index is 0.0732. The molecule has 9 heteroatoms. The Hall–Kier alpha value is -2.78. The summed E-state index contributed by atoms with van der Waals surface area (Å²) in [6.07, 6.45) is 3.42. The monoisotopic (exact) mass is 388 g/mol. The van der Waals surface area contributed by atoms with Crippen LogP contribution in [0.15, 0.2) is 65.1 Å². The predicted molar refractivity (Wildman–Crippen MR) is 99.2 cm³/mol. The fourth-order valence-electron chi connectivity index (χ4n) is 2.14. The maximum absolute atomic E-state index is 12.3. The van der Waals surface area contributed by atoms with E-state index in [-0.39, 0.29) is 22.4 Å². The number of anilines is 1. The molecule has 26 heavy (non-hydrogen) atoms. The average molecular weight is 388 g/mol. The Morgan fingerprint density at radius 1 is 1.12 bits per heavy atom. The van der Waals surface area contributed by atoms with Crippen molar-refractivity contribution in [3.63, 3.8) is 0 Å². The van der Waals surface area contributed by atoms with Gasteiger partial charge in [0.15, 0.2) is 5.13 Å². The molecule has 7 nitrogen and oxygen atoms in total. The molecule has 0 saturated carbocycles. The number of benzene rings is 1. The van der Waals surface area contributed by atoms with Gasteiger partial charge in [0, 0.05) is 24.3 Å². The summed E-state index contributed by atoms with van der Waals surface area (Å²) in [6, 6.07) is 11.7. The second-order valence-corrected chi connectivity index (χ2v) is 7.92. The highest BCUT2D eigenvalue weighted by molar-refractivity contribution is 7.93. The van der Waals surface area contributed by atoms with E-state index >= 15 is 0 Å². The first-order valence-electron chi connectivity index (χ1n) is 7.71. The van der Waals surface area contributed by atoms with E-state index in [0.717, 1.165) is 16.9 Å². The Balaban J connectivity index is 1.57. The predicted octanol–water partition coefficient (Wildman–Crippen LogP) is 2.20. The van der Waals surface area contributed by atoms with Crippen molar-refractivity contribution in [2.24, 2.45) is 0 Å². The quantitative estimate of drug-likeness (QED) is 0.646. The number of nitrogens with zero attached hydrogens (tertiary/aromatic N) is 2. The van der Waals surface area contributed by atoms with Crippen molar-refractivity contribution in [1.82, 2.24) is 15.3 Å². The normalized spacial score (nSPS) is 11.1. The van der Waals surface area contributed by atoms with Crippen LogP contribution < -0.4 is 10.0 Å². The van der Waals surface area contributed by atoms with Crippen LogP contribution in [-0.4, -0.2) is 24.3 Å². The van der Waals surface area contributed by atoms with E-state index < -0.39 is 10.0 Å². The van der Waals surface area contributed by atoms with E-state index in [1.165, 1.54) is 12.1 Å². The van der Waals surface area contributed by atoms with Gasteiger partial charge in [0.2, 0.25) is 5.91 Å². The first-order valence-corrected chi connectivity index (χ1v) is 10.1. The van der Waals surface area contributed by atoms with Crippen molar-refractivity contribution >= 4 is 32.4 Å². The van der Waals surface area contributed by atoms with Crippen LogP contribution >= 0.6 is 11.3 Å². The number of thiazole rings is 1. The molecule has 2 heterocycles. The van der Waals surface area contributed by atoms with Crippen LogP contribution in [0.5, 0.6) is 0 Å². The summed E-state index contributed by atoms with van der Waals surface area (Å²) < 4.78 is 27.0. The number of amides is 1. The molecule has 3 aromatic rings. The third-order valence-corrected chi connectivity index (χ3v) is 5.67. The Bertz CT molecular complexity index is 974. The third kappa shape index (κ3) is 4.87. The van der Waals surface area contributed by atoms with Gasteiger partial charge in [-0.15, -0.1) is 11.3 Å². The molecule has 0 unspecified atom stereocenters. The Kier molecular flexibility index (Phi) is 5.59. The van der Waals surface area contributed by atoms with E-state index in [4.69, 9.17) is 0 Å². The molecule has 0 aliphatic heterocycles. The van der Waals surface area contributed by atoms with Crippen LogP contribution in [0.4, 0.5) is 5.13 Å². The number of aromatic nitrogens is 2. The molecule has 2 aromatic heterocycles. The van der Waals surface area contributed by atoms with Crippen LogP contribution in [0.1, 0.15) is 11.3 Å². The summed E-state index contributed by atoms with van der Waals surface area (Å²) >= 11 is 1.14. The largest absolute Gasteiger partial charge is 0.352 e. The van der Waals surface area contributed by atoms with Crippen LogP contribution in [0, 0.1) is 0 Å². The van der Waals surface area contributed by atoms with E-state index in [1.807, 2.05) is 6.07 Å². The number of carbonyl (C=O) groups is 1. The topological polar surface area (TPSA) is 101 Å². The summed E-state index contributed by atoms with van der Waals surface area (Å²) in [5, 5.41) is 4.66. The summed E-state index contributed by atoms with van der Waals surface area (Å²) in [5.41, 5.74) is 1.40. The lowest BCUT2D eigenvalue weighted by atomic mass is 10.2. The second-order valence-electron chi connectivity index (χ2n) is 5.38. The van der Waals surface area contributed by atoms with Crippen molar-refractivity contribution < 1.29 is 13.2 Å². The number of pyridine rings is 1. The fourth-order valence-corrected chi connectivity index (χ4v) is 4.12. The zero-order valence-corrected chi connectivity index (χ0v) is 15.3. The first-order chi connectivity index (χ1) is 12.5. The van der Waals surface area contributed by atoms with Crippen molar-refractivity contribution in [1.29, 1.82) is 0 Å². The summed E-state index contributed by atoms with van der Waals surface area (Å²) in [4.78, 5) is 20.3. The van der Waals surface area contributed by atoms with E-state index in [0.29, 0.717) is 12.2 Å². The molecule has 3 rings (SSSR count). The van der Waals surface area contributed by atoms with Crippen LogP contribution in [0.3, 0.4) is 0 Å². The lowest BCUT2D eigenvalue weighted by Gasteiger charge is -2.05. The number of carbonyl (C=O) groups excluding carboxylic acids is 1. The minimum atomic E-state index is -3.68. The molecule has 0 saturated heterocycles. The highest BCUT2D eigenvalue weighted by Gasteiger charge is 2.16. The lowest BCUT2D eigenvalue weighted by Crippen LogP contribution is -2.24. The van der Waals surface area contributed by atoms with E-state index in [2.05, 4.69) is 20.0 Å². The van der Waals surface area contributed by atoms with Crippen molar-refractivity contribution in [2.75, 3.05) is 4.72 Å². The van der Waals surface area contributed by atoms with Crippen molar-refractivity contribution in [2.45, 2.75) is 17.9 Å². The SMILES string of the molecule is O=C(Cc1csc(NS(=O)(=O)c2ccccc2)n1)NCc1cccnc1. The molecule has 0 radical (unpaired) electrons. The highest BCUT2D eigenvalue weighted by Crippen LogP contribution is 2.20. The van der Waals surface area contributed by atoms with E-state index in [9.17, 15) is 13.2 Å². The Labute approximate surface area is 155 Å². The maximum atomic E-state index is 12.3. The molecular weight excluding hydrogens is 372 g/mol. The summed E-state index contributed by atoms with van der Waals surface area (Å²) in [7, 11) is -3.68. The van der Waals surface area contributed by atoms with Gasteiger partial charge < -0.3 is 5.32 Å². The van der Waals surface area contributed by atoms with Crippen molar-refractivity contribution in [3.8, 4) is 0 Å². The molecule has 0 fully saturated rings. The molecule has 0 atom stereocenters. The molecule has 134 valence electrons. The van der Waals surface area contributed by atoms with Gasteiger partial charge in [-0.1, -0.05) is 24.3 Å². The smallest absolute Gasteiger partial charge is 0.263 e. The molecule has 1 amide bonds. The average Bonchev–Trinajstić information content (AvgIpc) is 3.07. The van der Waals surface area contributed by atoms with Crippen LogP contribution in [-0.2, 0) is 27.8 Å². The third-order valence-electron chi connectivity index (χ3n) is 3.38. The van der Waals surface area contributed by atoms with Gasteiger partial charge in [0.05, 0.1) is 17.0 Å². The minimum Gasteiger partial charge on any atom is -0.352 e. The molecule has 2 N–H and O–H groups in total. The van der Waals surface area contributed by atoms with Gasteiger partial charge in [0.25, 0.3) is 10.0 Å². The molecule has 0 bridgehead atoms. The zero-order chi connectivity index (χ0) is 18.4. The van der Waals surface area contributed by atoms with Gasteiger partial charge >= 0.3 is 0 Å². The number of rotatable bonds is 7. The Morgan fingerprint density at radius 2 is 1.92 bits per heavy atom. The van der Waals surface area contributed by atoms with E-state index in [1.54, 1.807) is 42.0 Å². The number of sulfonamides is 1. The summed E-state index contributed by atoms with van der Waals surface area (Å²) in [6.45, 7) is 0.379. The van der Waals surface area contributed by atoms with Gasteiger partial charge in [-0.05, 0) is 23.8 Å². The standard InChI is InChI=1S/C17H16N4O3S2/c22-16(19-11-13-5-4-8-18-10-13)9-14-12-25-17(20-14)21-26(23,24)15-6-2-1-3-7-15/h1-8,10,12H,9,11H2,(H,19,22)(H,20,21).